The Bertz CT molecular complexity index is 866. The van der Waals surface area contributed by atoms with Crippen LogP contribution in [0, 0.1) is 11.7 Å². The minimum absolute atomic E-state index is 0.277. The van der Waals surface area contributed by atoms with Gasteiger partial charge in [-0.05, 0) is 42.3 Å². The highest BCUT2D eigenvalue weighted by atomic mass is 19.1. The maximum Gasteiger partial charge on any atom is 0.123 e. The molecular formula is C19H20FN3O. The first-order chi connectivity index (χ1) is 11.6. The molecule has 0 saturated heterocycles. The number of hydrogen-bond acceptors (Lipinski definition) is 3. The van der Waals surface area contributed by atoms with Gasteiger partial charge in [0.05, 0.1) is 11.7 Å². The molecular weight excluding hydrogens is 305 g/mol. The van der Waals surface area contributed by atoms with E-state index in [1.54, 1.807) is 12.1 Å². The highest BCUT2D eigenvalue weighted by Gasteiger charge is 2.11. The van der Waals surface area contributed by atoms with Gasteiger partial charge in [-0.3, -0.25) is 4.68 Å². The lowest BCUT2D eigenvalue weighted by Gasteiger charge is -2.09. The van der Waals surface area contributed by atoms with E-state index in [9.17, 15) is 4.39 Å². The van der Waals surface area contributed by atoms with Crippen molar-refractivity contribution in [3.63, 3.8) is 0 Å². The first kappa shape index (κ1) is 16.2. The molecule has 3 rings (SSSR count). The first-order valence-corrected chi connectivity index (χ1v) is 7.91. The Morgan fingerprint density at radius 1 is 1.17 bits per heavy atom. The molecule has 0 N–H and O–H groups in total. The van der Waals surface area contributed by atoms with Crippen LogP contribution in [-0.4, -0.2) is 22.6 Å². The average Bonchev–Trinajstić information content (AvgIpc) is 2.95. The van der Waals surface area contributed by atoms with Gasteiger partial charge in [0.25, 0.3) is 0 Å². The second-order valence-electron chi connectivity index (χ2n) is 6.12. The zero-order chi connectivity index (χ0) is 17.1. The van der Waals surface area contributed by atoms with E-state index in [0.29, 0.717) is 11.6 Å². The summed E-state index contributed by atoms with van der Waals surface area (Å²) in [7, 11) is 1.50. The Morgan fingerprint density at radius 3 is 2.54 bits per heavy atom. The zero-order valence-electron chi connectivity index (χ0n) is 14.0. The summed E-state index contributed by atoms with van der Waals surface area (Å²) in [4.78, 5) is 4.99. The molecule has 1 aromatic heterocycles. The number of benzene rings is 2. The third kappa shape index (κ3) is 3.30. The molecule has 0 bridgehead atoms. The molecule has 0 aliphatic heterocycles. The van der Waals surface area contributed by atoms with Crippen LogP contribution in [0.5, 0.6) is 0 Å². The van der Waals surface area contributed by atoms with E-state index < -0.39 is 0 Å². The summed E-state index contributed by atoms with van der Waals surface area (Å²) < 4.78 is 15.2. The number of fused-ring (bicyclic) bond motifs is 1. The Kier molecular flexibility index (Phi) is 4.60. The lowest BCUT2D eigenvalue weighted by molar-refractivity contribution is 0.214. The van der Waals surface area contributed by atoms with E-state index in [4.69, 9.17) is 4.84 Å². The second-order valence-corrected chi connectivity index (χ2v) is 6.12. The predicted octanol–water partition coefficient (Wildman–Crippen LogP) is 4.23. The summed E-state index contributed by atoms with van der Waals surface area (Å²) in [5, 5.41) is 9.63. The van der Waals surface area contributed by atoms with Crippen molar-refractivity contribution in [2.75, 3.05) is 7.11 Å². The van der Waals surface area contributed by atoms with Gasteiger partial charge in [-0.1, -0.05) is 25.1 Å². The van der Waals surface area contributed by atoms with Crippen molar-refractivity contribution >= 4 is 16.6 Å². The predicted molar refractivity (Wildman–Crippen MR) is 93.6 cm³/mol. The van der Waals surface area contributed by atoms with E-state index in [2.05, 4.69) is 24.1 Å². The summed E-state index contributed by atoms with van der Waals surface area (Å²) in [6.07, 6.45) is 1.86. The van der Waals surface area contributed by atoms with Crippen molar-refractivity contribution in [3.05, 3.63) is 65.6 Å². The summed E-state index contributed by atoms with van der Waals surface area (Å²) >= 11 is 0. The van der Waals surface area contributed by atoms with Gasteiger partial charge in [-0.25, -0.2) is 4.39 Å². The van der Waals surface area contributed by atoms with Crippen LogP contribution in [0.4, 0.5) is 4.39 Å². The molecule has 3 aromatic rings. The van der Waals surface area contributed by atoms with Crippen LogP contribution >= 0.6 is 0 Å². The van der Waals surface area contributed by atoms with Crippen molar-refractivity contribution in [1.82, 2.24) is 9.78 Å². The molecule has 2 aromatic carbocycles. The number of hydrogen-bond donors (Lipinski definition) is 0. The highest BCUT2D eigenvalue weighted by molar-refractivity contribution is 6.13. The van der Waals surface area contributed by atoms with E-state index in [0.717, 1.165) is 28.6 Å². The molecule has 5 heteroatoms. The number of aromatic nitrogens is 2. The number of nitrogens with zero attached hydrogens (tertiary/aromatic N) is 3. The number of rotatable bonds is 5. The van der Waals surface area contributed by atoms with Gasteiger partial charge < -0.3 is 4.84 Å². The van der Waals surface area contributed by atoms with Gasteiger partial charge in [0.2, 0.25) is 0 Å². The minimum atomic E-state index is -0.277. The molecule has 4 nitrogen and oxygen atoms in total. The van der Waals surface area contributed by atoms with Crippen LogP contribution in [0.15, 0.2) is 53.8 Å². The molecule has 0 amide bonds. The fourth-order valence-corrected chi connectivity index (χ4v) is 2.70. The normalized spacial score (nSPS) is 12.1. The van der Waals surface area contributed by atoms with E-state index in [1.165, 1.54) is 19.2 Å². The fraction of sp³-hybridized carbons (Fsp3) is 0.263. The molecule has 1 heterocycles. The molecule has 0 aliphatic rings. The number of oxime groups is 1. The summed E-state index contributed by atoms with van der Waals surface area (Å²) in [6, 6.07) is 12.3. The van der Waals surface area contributed by atoms with Gasteiger partial charge in [-0.15, -0.1) is 0 Å². The Morgan fingerprint density at radius 2 is 1.88 bits per heavy atom. The van der Waals surface area contributed by atoms with Crippen molar-refractivity contribution in [2.24, 2.45) is 11.1 Å². The van der Waals surface area contributed by atoms with Crippen LogP contribution in [0.1, 0.15) is 25.0 Å². The lowest BCUT2D eigenvalue weighted by atomic mass is 10.0. The van der Waals surface area contributed by atoms with E-state index >= 15 is 0 Å². The van der Waals surface area contributed by atoms with Gasteiger partial charge in [0.15, 0.2) is 0 Å². The molecule has 0 unspecified atom stereocenters. The number of halogens is 1. The molecule has 24 heavy (non-hydrogen) atoms. The fourth-order valence-electron chi connectivity index (χ4n) is 2.70. The molecule has 0 radical (unpaired) electrons. The van der Waals surface area contributed by atoms with E-state index in [1.807, 2.05) is 29.1 Å². The lowest BCUT2D eigenvalue weighted by Crippen LogP contribution is -2.06. The zero-order valence-corrected chi connectivity index (χ0v) is 14.0. The Hall–Kier alpha value is -2.69. The third-order valence-corrected chi connectivity index (χ3v) is 3.75. The summed E-state index contributed by atoms with van der Waals surface area (Å²) in [5.74, 6) is 0.249. The van der Waals surface area contributed by atoms with Crippen LogP contribution in [-0.2, 0) is 11.4 Å². The average molecular weight is 325 g/mol. The first-order valence-electron chi connectivity index (χ1n) is 7.91. The maximum atomic E-state index is 13.2. The Balaban J connectivity index is 2.03. The Labute approximate surface area is 140 Å². The topological polar surface area (TPSA) is 39.4 Å². The van der Waals surface area contributed by atoms with Crippen molar-refractivity contribution < 1.29 is 9.23 Å². The molecule has 0 aliphatic carbocycles. The van der Waals surface area contributed by atoms with E-state index in [-0.39, 0.29) is 5.82 Å². The minimum Gasteiger partial charge on any atom is -0.399 e. The smallest absolute Gasteiger partial charge is 0.123 e. The van der Waals surface area contributed by atoms with Crippen molar-refractivity contribution in [2.45, 2.75) is 20.4 Å². The quantitative estimate of drug-likeness (QED) is 0.520. The van der Waals surface area contributed by atoms with Gasteiger partial charge in [-0.2, -0.15) is 5.10 Å². The standard InChI is InChI=1S/C19H20FN3O/c1-13(2)12-23-18-9-6-15(10-16(18)11-21-23)19(22-24-3)14-4-7-17(20)8-5-14/h4-11,13H,12H2,1-3H3. The largest absolute Gasteiger partial charge is 0.399 e. The van der Waals surface area contributed by atoms with Gasteiger partial charge >= 0.3 is 0 Å². The molecule has 0 atom stereocenters. The monoisotopic (exact) mass is 325 g/mol. The van der Waals surface area contributed by atoms with Gasteiger partial charge in [0, 0.05) is 23.1 Å². The third-order valence-electron chi connectivity index (χ3n) is 3.75. The molecule has 0 spiro atoms. The molecule has 0 fully saturated rings. The second kappa shape index (κ2) is 6.83. The van der Waals surface area contributed by atoms with Crippen LogP contribution in [0.2, 0.25) is 0 Å². The van der Waals surface area contributed by atoms with Gasteiger partial charge in [0.1, 0.15) is 18.6 Å². The summed E-state index contributed by atoms with van der Waals surface area (Å²) in [6.45, 7) is 5.21. The van der Waals surface area contributed by atoms with Crippen LogP contribution in [0.25, 0.3) is 10.9 Å². The van der Waals surface area contributed by atoms with Crippen molar-refractivity contribution in [1.29, 1.82) is 0 Å². The SMILES string of the molecule is CON=C(c1ccc(F)cc1)c1ccc2c(cnn2CC(C)C)c1. The maximum absolute atomic E-state index is 13.2. The highest BCUT2D eigenvalue weighted by Crippen LogP contribution is 2.20. The van der Waals surface area contributed by atoms with Crippen LogP contribution in [0.3, 0.4) is 0 Å². The van der Waals surface area contributed by atoms with Crippen LogP contribution < -0.4 is 0 Å². The molecule has 124 valence electrons. The van der Waals surface area contributed by atoms with Crippen molar-refractivity contribution in [3.8, 4) is 0 Å². The summed E-state index contributed by atoms with van der Waals surface area (Å²) in [5.41, 5.74) is 3.45. The molecule has 0 saturated carbocycles.